The first-order valence-corrected chi connectivity index (χ1v) is 7.13. The summed E-state index contributed by atoms with van der Waals surface area (Å²) < 4.78 is 1.18. The van der Waals surface area contributed by atoms with Crippen molar-refractivity contribution in [1.82, 2.24) is 4.90 Å². The molecule has 0 aliphatic carbocycles. The van der Waals surface area contributed by atoms with E-state index in [1.54, 1.807) is 0 Å². The highest BCUT2D eigenvalue weighted by atomic mass is 79.9. The molecular formula is C14H21BrN2. The smallest absolute Gasteiger partial charge is 0.0343 e. The van der Waals surface area contributed by atoms with Crippen molar-refractivity contribution in [2.24, 2.45) is 5.92 Å². The van der Waals surface area contributed by atoms with E-state index in [9.17, 15) is 0 Å². The molecular weight excluding hydrogens is 276 g/mol. The standard InChI is InChI=1S/C14H21BrN2/c1-11-9-13(3-4-14(11)15)16-10-12-5-7-17(2)8-6-12/h3-4,9,12,16H,5-8,10H2,1-2H3. The minimum Gasteiger partial charge on any atom is -0.385 e. The molecule has 3 heteroatoms. The molecule has 0 atom stereocenters. The van der Waals surface area contributed by atoms with Crippen LogP contribution in [-0.2, 0) is 0 Å². The highest BCUT2D eigenvalue weighted by Crippen LogP contribution is 2.21. The van der Waals surface area contributed by atoms with Gasteiger partial charge >= 0.3 is 0 Å². The molecule has 0 aromatic heterocycles. The summed E-state index contributed by atoms with van der Waals surface area (Å²) in [6.45, 7) is 5.72. The fraction of sp³-hybridized carbons (Fsp3) is 0.571. The van der Waals surface area contributed by atoms with Crippen LogP contribution in [-0.4, -0.2) is 31.6 Å². The van der Waals surface area contributed by atoms with Crippen LogP contribution in [0.2, 0.25) is 0 Å². The predicted molar refractivity (Wildman–Crippen MR) is 77.6 cm³/mol. The van der Waals surface area contributed by atoms with E-state index in [-0.39, 0.29) is 0 Å². The van der Waals surface area contributed by atoms with Gasteiger partial charge in [-0.15, -0.1) is 0 Å². The van der Waals surface area contributed by atoms with E-state index in [1.807, 2.05) is 0 Å². The lowest BCUT2D eigenvalue weighted by Gasteiger charge is -2.29. The maximum absolute atomic E-state index is 3.56. The van der Waals surface area contributed by atoms with E-state index in [0.29, 0.717) is 0 Å². The van der Waals surface area contributed by atoms with Gasteiger partial charge in [-0.25, -0.2) is 0 Å². The van der Waals surface area contributed by atoms with E-state index < -0.39 is 0 Å². The first-order chi connectivity index (χ1) is 8.15. The van der Waals surface area contributed by atoms with Gasteiger partial charge in [0, 0.05) is 16.7 Å². The lowest BCUT2D eigenvalue weighted by Crippen LogP contribution is -2.32. The third-order valence-corrected chi connectivity index (χ3v) is 4.48. The molecule has 0 saturated carbocycles. The SMILES string of the molecule is Cc1cc(NCC2CCN(C)CC2)ccc1Br. The van der Waals surface area contributed by atoms with Crippen LogP contribution in [0.25, 0.3) is 0 Å². The fourth-order valence-electron chi connectivity index (χ4n) is 2.28. The molecule has 2 rings (SSSR count). The first kappa shape index (κ1) is 12.9. The van der Waals surface area contributed by atoms with Gasteiger partial charge in [-0.05, 0) is 69.6 Å². The topological polar surface area (TPSA) is 15.3 Å². The maximum atomic E-state index is 3.56. The third-order valence-electron chi connectivity index (χ3n) is 3.59. The number of piperidine rings is 1. The second-order valence-corrected chi connectivity index (χ2v) is 5.95. The zero-order valence-electron chi connectivity index (χ0n) is 10.7. The molecule has 0 radical (unpaired) electrons. The number of aryl methyl sites for hydroxylation is 1. The third kappa shape index (κ3) is 3.71. The van der Waals surface area contributed by atoms with Crippen LogP contribution in [0.1, 0.15) is 18.4 Å². The van der Waals surface area contributed by atoms with Crippen molar-refractivity contribution in [3.05, 3.63) is 28.2 Å². The van der Waals surface area contributed by atoms with Gasteiger partial charge in [0.2, 0.25) is 0 Å². The van der Waals surface area contributed by atoms with E-state index in [2.05, 4.69) is 58.3 Å². The minimum absolute atomic E-state index is 0.829. The Bertz CT molecular complexity index is 370. The van der Waals surface area contributed by atoms with Crippen molar-refractivity contribution in [2.75, 3.05) is 32.0 Å². The van der Waals surface area contributed by atoms with Gasteiger partial charge < -0.3 is 10.2 Å². The summed E-state index contributed by atoms with van der Waals surface area (Å²) in [5.41, 5.74) is 2.53. The van der Waals surface area contributed by atoms with E-state index >= 15 is 0 Å². The molecule has 94 valence electrons. The van der Waals surface area contributed by atoms with Gasteiger partial charge in [0.25, 0.3) is 0 Å². The van der Waals surface area contributed by atoms with E-state index in [0.717, 1.165) is 12.5 Å². The number of hydrogen-bond acceptors (Lipinski definition) is 2. The fourth-order valence-corrected chi connectivity index (χ4v) is 2.53. The molecule has 1 fully saturated rings. The lowest BCUT2D eigenvalue weighted by molar-refractivity contribution is 0.226. The number of halogens is 1. The lowest BCUT2D eigenvalue weighted by atomic mass is 9.97. The quantitative estimate of drug-likeness (QED) is 0.918. The summed E-state index contributed by atoms with van der Waals surface area (Å²) in [5, 5.41) is 3.56. The largest absolute Gasteiger partial charge is 0.385 e. The van der Waals surface area contributed by atoms with Crippen LogP contribution < -0.4 is 5.32 Å². The summed E-state index contributed by atoms with van der Waals surface area (Å²) in [5.74, 6) is 0.829. The zero-order chi connectivity index (χ0) is 12.3. The van der Waals surface area contributed by atoms with Crippen LogP contribution in [0, 0.1) is 12.8 Å². The Balaban J connectivity index is 1.83. The van der Waals surface area contributed by atoms with Crippen molar-refractivity contribution >= 4 is 21.6 Å². The molecule has 0 amide bonds. The van der Waals surface area contributed by atoms with Gasteiger partial charge in [0.15, 0.2) is 0 Å². The van der Waals surface area contributed by atoms with Crippen LogP contribution in [0.15, 0.2) is 22.7 Å². The van der Waals surface area contributed by atoms with Crippen molar-refractivity contribution in [3.63, 3.8) is 0 Å². The molecule has 17 heavy (non-hydrogen) atoms. The zero-order valence-corrected chi connectivity index (χ0v) is 12.3. The maximum Gasteiger partial charge on any atom is 0.0343 e. The first-order valence-electron chi connectivity index (χ1n) is 6.33. The molecule has 1 aliphatic rings. The Labute approximate surface area is 113 Å². The number of hydrogen-bond donors (Lipinski definition) is 1. The number of anilines is 1. The van der Waals surface area contributed by atoms with Gasteiger partial charge in [0.1, 0.15) is 0 Å². The van der Waals surface area contributed by atoms with Crippen molar-refractivity contribution in [3.8, 4) is 0 Å². The molecule has 1 N–H and O–H groups in total. The minimum atomic E-state index is 0.829. The molecule has 2 nitrogen and oxygen atoms in total. The van der Waals surface area contributed by atoms with Crippen molar-refractivity contribution < 1.29 is 0 Å². The Morgan fingerprint density at radius 2 is 2.06 bits per heavy atom. The number of benzene rings is 1. The monoisotopic (exact) mass is 296 g/mol. The highest BCUT2D eigenvalue weighted by molar-refractivity contribution is 9.10. The summed E-state index contributed by atoms with van der Waals surface area (Å²) >= 11 is 3.53. The molecule has 1 saturated heterocycles. The normalized spacial score (nSPS) is 18.3. The molecule has 1 heterocycles. The average molecular weight is 297 g/mol. The predicted octanol–water partition coefficient (Wildman–Crippen LogP) is 3.51. The second-order valence-electron chi connectivity index (χ2n) is 5.09. The Morgan fingerprint density at radius 3 is 2.71 bits per heavy atom. The van der Waals surface area contributed by atoms with Gasteiger partial charge in [-0.2, -0.15) is 0 Å². The molecule has 1 aromatic carbocycles. The second kappa shape index (κ2) is 5.87. The summed E-state index contributed by atoms with van der Waals surface area (Å²) in [7, 11) is 2.21. The van der Waals surface area contributed by atoms with Crippen molar-refractivity contribution in [1.29, 1.82) is 0 Å². The van der Waals surface area contributed by atoms with Crippen LogP contribution in [0.3, 0.4) is 0 Å². The van der Waals surface area contributed by atoms with Crippen molar-refractivity contribution in [2.45, 2.75) is 19.8 Å². The van der Waals surface area contributed by atoms with Gasteiger partial charge in [-0.3, -0.25) is 0 Å². The molecule has 0 unspecified atom stereocenters. The summed E-state index contributed by atoms with van der Waals surface area (Å²) in [4.78, 5) is 2.42. The number of nitrogens with zero attached hydrogens (tertiary/aromatic N) is 1. The molecule has 1 aliphatic heterocycles. The molecule has 0 spiro atoms. The highest BCUT2D eigenvalue weighted by Gasteiger charge is 2.16. The number of likely N-dealkylation sites (tertiary alicyclic amines) is 1. The van der Waals surface area contributed by atoms with Gasteiger partial charge in [-0.1, -0.05) is 15.9 Å². The van der Waals surface area contributed by atoms with Crippen LogP contribution in [0.5, 0.6) is 0 Å². The molecule has 0 bridgehead atoms. The van der Waals surface area contributed by atoms with Gasteiger partial charge in [0.05, 0.1) is 0 Å². The molecule has 1 aromatic rings. The Morgan fingerprint density at radius 1 is 1.35 bits per heavy atom. The van der Waals surface area contributed by atoms with E-state index in [4.69, 9.17) is 0 Å². The van der Waals surface area contributed by atoms with Crippen LogP contribution in [0.4, 0.5) is 5.69 Å². The summed E-state index contributed by atoms with van der Waals surface area (Å²) in [6.07, 6.45) is 2.64. The Kier molecular flexibility index (Phi) is 4.46. The van der Waals surface area contributed by atoms with E-state index in [1.165, 1.54) is 41.7 Å². The average Bonchev–Trinajstić information content (AvgIpc) is 2.33. The number of rotatable bonds is 3. The summed E-state index contributed by atoms with van der Waals surface area (Å²) in [6, 6.07) is 6.47. The number of nitrogens with one attached hydrogen (secondary N) is 1. The Hall–Kier alpha value is -0.540. The van der Waals surface area contributed by atoms with Crippen LogP contribution >= 0.6 is 15.9 Å².